The van der Waals surface area contributed by atoms with Crippen molar-refractivity contribution in [2.24, 2.45) is 11.8 Å². The zero-order valence-electron chi connectivity index (χ0n) is 13.1. The first-order valence-electron chi connectivity index (χ1n) is 7.74. The van der Waals surface area contributed by atoms with Crippen molar-refractivity contribution in [3.8, 4) is 0 Å². The van der Waals surface area contributed by atoms with Crippen molar-refractivity contribution in [2.75, 3.05) is 27.4 Å². The number of hydrogen-bond donors (Lipinski definition) is 1. The molecule has 1 heterocycles. The first-order chi connectivity index (χ1) is 10.7. The summed E-state index contributed by atoms with van der Waals surface area (Å²) in [5, 5.41) is 3.16. The van der Waals surface area contributed by atoms with E-state index in [1.54, 1.807) is 14.2 Å². The van der Waals surface area contributed by atoms with Gasteiger partial charge >= 0.3 is 0 Å². The number of methoxy groups -OCH3 is 2. The van der Waals surface area contributed by atoms with Crippen LogP contribution in [0.2, 0.25) is 0 Å². The Hall–Kier alpha value is -1.43. The summed E-state index contributed by atoms with van der Waals surface area (Å²) in [6, 6.07) is 7.69. The highest BCUT2D eigenvalue weighted by molar-refractivity contribution is 5.94. The number of nitrogens with one attached hydrogen (secondary N) is 1. The van der Waals surface area contributed by atoms with Gasteiger partial charge in [0.2, 0.25) is 0 Å². The van der Waals surface area contributed by atoms with Crippen LogP contribution in [0, 0.1) is 11.8 Å². The molecule has 0 bridgehead atoms. The second kappa shape index (κ2) is 6.77. The maximum Gasteiger partial charge on any atom is 0.251 e. The lowest BCUT2D eigenvalue weighted by atomic mass is 9.67. The Morgan fingerprint density at radius 2 is 2.05 bits per heavy atom. The third-order valence-corrected chi connectivity index (χ3v) is 4.71. The van der Waals surface area contributed by atoms with E-state index in [-0.39, 0.29) is 24.0 Å². The molecule has 5 heteroatoms. The second-order valence-electron chi connectivity index (χ2n) is 6.04. The van der Waals surface area contributed by atoms with E-state index >= 15 is 0 Å². The molecule has 1 N–H and O–H groups in total. The fourth-order valence-electron chi connectivity index (χ4n) is 3.59. The standard InChI is InChI=1S/C17H23NO4/c1-20-9-11-3-5-12(6-4-11)17(19)18-15-13-7-8-22-16(13)14(15)10-21-2/h3-6,13-16H,7-10H2,1-2H3,(H,18,19)/t13-,14+,15-,16-/m0/s1. The van der Waals surface area contributed by atoms with Gasteiger partial charge in [-0.15, -0.1) is 0 Å². The van der Waals surface area contributed by atoms with E-state index < -0.39 is 0 Å². The van der Waals surface area contributed by atoms with Crippen molar-refractivity contribution >= 4 is 5.91 Å². The minimum atomic E-state index is -0.0274. The summed E-state index contributed by atoms with van der Waals surface area (Å²) in [6.07, 6.45) is 1.26. The molecule has 0 spiro atoms. The third-order valence-electron chi connectivity index (χ3n) is 4.71. The molecule has 0 unspecified atom stereocenters. The molecule has 22 heavy (non-hydrogen) atoms. The van der Waals surface area contributed by atoms with Crippen molar-refractivity contribution in [1.82, 2.24) is 5.32 Å². The molecule has 0 radical (unpaired) electrons. The maximum absolute atomic E-state index is 12.4. The Kier molecular flexibility index (Phi) is 4.76. The molecule has 1 aromatic rings. The Morgan fingerprint density at radius 3 is 2.73 bits per heavy atom. The molecule has 2 aliphatic rings. The van der Waals surface area contributed by atoms with E-state index in [0.717, 1.165) is 18.6 Å². The lowest BCUT2D eigenvalue weighted by Gasteiger charge is -2.47. The van der Waals surface area contributed by atoms with Gasteiger partial charge in [0.15, 0.2) is 0 Å². The van der Waals surface area contributed by atoms with Gasteiger partial charge in [-0.25, -0.2) is 0 Å². The van der Waals surface area contributed by atoms with E-state index in [1.807, 2.05) is 24.3 Å². The average molecular weight is 305 g/mol. The molecule has 3 rings (SSSR count). The van der Waals surface area contributed by atoms with E-state index in [4.69, 9.17) is 14.2 Å². The molecule has 1 saturated heterocycles. The molecule has 1 saturated carbocycles. The van der Waals surface area contributed by atoms with Gasteiger partial charge in [0.25, 0.3) is 5.91 Å². The molecule has 2 fully saturated rings. The average Bonchev–Trinajstić information content (AvgIpc) is 2.95. The Bertz CT molecular complexity index is 516. The molecule has 0 aromatic heterocycles. The van der Waals surface area contributed by atoms with Crippen LogP contribution >= 0.6 is 0 Å². The van der Waals surface area contributed by atoms with Crippen LogP contribution in [0.4, 0.5) is 0 Å². The van der Waals surface area contributed by atoms with Gasteiger partial charge in [-0.1, -0.05) is 12.1 Å². The fourth-order valence-corrected chi connectivity index (χ4v) is 3.59. The first-order valence-corrected chi connectivity index (χ1v) is 7.74. The topological polar surface area (TPSA) is 56.8 Å². The molecule has 1 aliphatic heterocycles. The molecular weight excluding hydrogens is 282 g/mol. The molecule has 120 valence electrons. The number of rotatable bonds is 6. The van der Waals surface area contributed by atoms with Crippen LogP contribution in [0.15, 0.2) is 24.3 Å². The molecule has 1 aromatic carbocycles. The SMILES string of the molecule is COCc1ccc(C(=O)N[C@@H]2[C@@H](COC)[C@H]3OCC[C@@H]23)cc1. The summed E-state index contributed by atoms with van der Waals surface area (Å²) in [4.78, 5) is 12.4. The predicted molar refractivity (Wildman–Crippen MR) is 81.6 cm³/mol. The smallest absolute Gasteiger partial charge is 0.251 e. The van der Waals surface area contributed by atoms with Crippen molar-refractivity contribution < 1.29 is 19.0 Å². The summed E-state index contributed by atoms with van der Waals surface area (Å²) in [5.41, 5.74) is 1.74. The van der Waals surface area contributed by atoms with Crippen LogP contribution < -0.4 is 5.32 Å². The number of carbonyl (C=O) groups excluding carboxylic acids is 1. The van der Waals surface area contributed by atoms with E-state index in [9.17, 15) is 4.79 Å². The van der Waals surface area contributed by atoms with Crippen molar-refractivity contribution in [3.63, 3.8) is 0 Å². The van der Waals surface area contributed by atoms with E-state index in [2.05, 4.69) is 5.32 Å². The van der Waals surface area contributed by atoms with Crippen LogP contribution in [-0.2, 0) is 20.8 Å². The molecule has 4 atom stereocenters. The molecule has 1 amide bonds. The highest BCUT2D eigenvalue weighted by Crippen LogP contribution is 2.43. The van der Waals surface area contributed by atoms with Gasteiger partial charge < -0.3 is 19.5 Å². The Labute approximate surface area is 130 Å². The Morgan fingerprint density at radius 1 is 1.27 bits per heavy atom. The molecular formula is C17H23NO4. The van der Waals surface area contributed by atoms with Crippen LogP contribution in [0.3, 0.4) is 0 Å². The van der Waals surface area contributed by atoms with E-state index in [1.165, 1.54) is 0 Å². The maximum atomic E-state index is 12.4. The summed E-state index contributed by atoms with van der Waals surface area (Å²) in [5.74, 6) is 0.659. The zero-order valence-corrected chi connectivity index (χ0v) is 13.1. The quantitative estimate of drug-likeness (QED) is 0.867. The summed E-state index contributed by atoms with van der Waals surface area (Å²) in [7, 11) is 3.35. The summed E-state index contributed by atoms with van der Waals surface area (Å²) >= 11 is 0. The van der Waals surface area contributed by atoms with Gasteiger partial charge in [-0.05, 0) is 24.1 Å². The second-order valence-corrected chi connectivity index (χ2v) is 6.04. The number of amides is 1. The largest absolute Gasteiger partial charge is 0.384 e. The van der Waals surface area contributed by atoms with Gasteiger partial charge in [0.1, 0.15) is 0 Å². The molecule has 1 aliphatic carbocycles. The highest BCUT2D eigenvalue weighted by atomic mass is 16.5. The first kappa shape index (κ1) is 15.5. The number of ether oxygens (including phenoxy) is 3. The van der Waals surface area contributed by atoms with Crippen molar-refractivity contribution in [3.05, 3.63) is 35.4 Å². The normalized spacial score (nSPS) is 29.7. The number of benzene rings is 1. The lowest BCUT2D eigenvalue weighted by molar-refractivity contribution is -0.0809. The third kappa shape index (κ3) is 2.89. The zero-order chi connectivity index (χ0) is 15.5. The van der Waals surface area contributed by atoms with Crippen LogP contribution in [0.5, 0.6) is 0 Å². The number of fused-ring (bicyclic) bond motifs is 1. The van der Waals surface area contributed by atoms with Crippen molar-refractivity contribution in [1.29, 1.82) is 0 Å². The number of hydrogen-bond acceptors (Lipinski definition) is 4. The minimum Gasteiger partial charge on any atom is -0.384 e. The Balaban J connectivity index is 1.63. The fraction of sp³-hybridized carbons (Fsp3) is 0.588. The lowest BCUT2D eigenvalue weighted by Crippen LogP contribution is -2.62. The van der Waals surface area contributed by atoms with Gasteiger partial charge in [-0.3, -0.25) is 4.79 Å². The molecule has 5 nitrogen and oxygen atoms in total. The van der Waals surface area contributed by atoms with Gasteiger partial charge in [-0.2, -0.15) is 0 Å². The van der Waals surface area contributed by atoms with Crippen LogP contribution in [0.25, 0.3) is 0 Å². The monoisotopic (exact) mass is 305 g/mol. The van der Waals surface area contributed by atoms with Crippen molar-refractivity contribution in [2.45, 2.75) is 25.2 Å². The summed E-state index contributed by atoms with van der Waals surface area (Å²) in [6.45, 7) is 1.97. The van der Waals surface area contributed by atoms with E-state index in [0.29, 0.717) is 24.7 Å². The van der Waals surface area contributed by atoms with Crippen LogP contribution in [-0.4, -0.2) is 45.5 Å². The van der Waals surface area contributed by atoms with Crippen LogP contribution in [0.1, 0.15) is 22.3 Å². The van der Waals surface area contributed by atoms with Gasteiger partial charge in [0.05, 0.1) is 19.3 Å². The summed E-state index contributed by atoms with van der Waals surface area (Å²) < 4.78 is 16.1. The highest BCUT2D eigenvalue weighted by Gasteiger charge is 2.54. The number of carbonyl (C=O) groups is 1. The predicted octanol–water partition coefficient (Wildman–Crippen LogP) is 1.61. The minimum absolute atomic E-state index is 0.0274. The van der Waals surface area contributed by atoms with Gasteiger partial charge in [0, 0.05) is 44.3 Å².